The molecule has 3 heterocycles. The fourth-order valence-corrected chi connectivity index (χ4v) is 2.68. The second kappa shape index (κ2) is 6.27. The van der Waals surface area contributed by atoms with E-state index in [1.54, 1.807) is 30.2 Å². The summed E-state index contributed by atoms with van der Waals surface area (Å²) in [6.07, 6.45) is 3.39. The Morgan fingerprint density at radius 2 is 1.96 bits per heavy atom. The average molecular weight is 336 g/mol. The SMILES string of the molecule is Cn1nc(C(=O)NCc2ccncc2)cc1-c1ccc2c(c1)OCO2. The van der Waals surface area contributed by atoms with E-state index in [2.05, 4.69) is 15.4 Å². The largest absolute Gasteiger partial charge is 0.454 e. The second-order valence-electron chi connectivity index (χ2n) is 5.64. The van der Waals surface area contributed by atoms with E-state index < -0.39 is 0 Å². The molecule has 0 radical (unpaired) electrons. The molecule has 1 aliphatic rings. The highest BCUT2D eigenvalue weighted by Crippen LogP contribution is 2.35. The molecule has 1 aromatic carbocycles. The van der Waals surface area contributed by atoms with Crippen LogP contribution in [0.25, 0.3) is 11.3 Å². The minimum Gasteiger partial charge on any atom is -0.454 e. The number of carbonyl (C=O) groups excluding carboxylic acids is 1. The van der Waals surface area contributed by atoms with E-state index in [-0.39, 0.29) is 12.7 Å². The van der Waals surface area contributed by atoms with Gasteiger partial charge in [0.1, 0.15) is 0 Å². The predicted octanol–water partition coefficient (Wildman–Crippen LogP) is 2.14. The van der Waals surface area contributed by atoms with Crippen molar-refractivity contribution in [3.8, 4) is 22.8 Å². The van der Waals surface area contributed by atoms with Gasteiger partial charge in [-0.3, -0.25) is 14.5 Å². The number of aromatic nitrogens is 3. The van der Waals surface area contributed by atoms with E-state index in [0.29, 0.717) is 18.0 Å². The minimum atomic E-state index is -0.223. The molecular formula is C18H16N4O3. The molecule has 0 saturated heterocycles. The van der Waals surface area contributed by atoms with Crippen molar-refractivity contribution in [2.45, 2.75) is 6.54 Å². The predicted molar refractivity (Wildman–Crippen MR) is 90.2 cm³/mol. The van der Waals surface area contributed by atoms with Crippen molar-refractivity contribution in [3.05, 3.63) is 60.0 Å². The highest BCUT2D eigenvalue weighted by Gasteiger charge is 2.18. The monoisotopic (exact) mass is 336 g/mol. The van der Waals surface area contributed by atoms with Gasteiger partial charge < -0.3 is 14.8 Å². The van der Waals surface area contributed by atoms with Crippen LogP contribution in [-0.4, -0.2) is 27.5 Å². The molecule has 0 fully saturated rings. The van der Waals surface area contributed by atoms with Crippen molar-refractivity contribution in [1.82, 2.24) is 20.1 Å². The highest BCUT2D eigenvalue weighted by atomic mass is 16.7. The molecule has 126 valence electrons. The maximum atomic E-state index is 12.4. The summed E-state index contributed by atoms with van der Waals surface area (Å²) < 4.78 is 12.4. The maximum Gasteiger partial charge on any atom is 0.272 e. The third-order valence-corrected chi connectivity index (χ3v) is 3.98. The van der Waals surface area contributed by atoms with Crippen molar-refractivity contribution < 1.29 is 14.3 Å². The van der Waals surface area contributed by atoms with E-state index in [9.17, 15) is 4.79 Å². The first kappa shape index (κ1) is 15.2. The van der Waals surface area contributed by atoms with Gasteiger partial charge in [0.05, 0.1) is 5.69 Å². The van der Waals surface area contributed by atoms with Crippen LogP contribution in [0.1, 0.15) is 16.1 Å². The summed E-state index contributed by atoms with van der Waals surface area (Å²) in [5.74, 6) is 1.20. The van der Waals surface area contributed by atoms with Crippen molar-refractivity contribution >= 4 is 5.91 Å². The smallest absolute Gasteiger partial charge is 0.272 e. The van der Waals surface area contributed by atoms with Gasteiger partial charge in [0, 0.05) is 31.5 Å². The van der Waals surface area contributed by atoms with E-state index in [0.717, 1.165) is 22.6 Å². The first-order valence-corrected chi connectivity index (χ1v) is 7.82. The molecule has 0 bridgehead atoms. The van der Waals surface area contributed by atoms with Crippen LogP contribution in [0.4, 0.5) is 0 Å². The molecule has 25 heavy (non-hydrogen) atoms. The fourth-order valence-electron chi connectivity index (χ4n) is 2.68. The molecule has 3 aromatic rings. The molecule has 1 aliphatic heterocycles. The first-order chi connectivity index (χ1) is 12.2. The second-order valence-corrected chi connectivity index (χ2v) is 5.64. The Bertz CT molecular complexity index is 921. The van der Waals surface area contributed by atoms with Gasteiger partial charge >= 0.3 is 0 Å². The Kier molecular flexibility index (Phi) is 3.81. The Labute approximate surface area is 144 Å². The average Bonchev–Trinajstić information content (AvgIpc) is 3.26. The van der Waals surface area contributed by atoms with Crippen molar-refractivity contribution in [1.29, 1.82) is 0 Å². The summed E-state index contributed by atoms with van der Waals surface area (Å²) >= 11 is 0. The molecule has 1 amide bonds. The Morgan fingerprint density at radius 3 is 2.80 bits per heavy atom. The molecule has 2 aromatic heterocycles. The molecule has 0 spiro atoms. The summed E-state index contributed by atoms with van der Waals surface area (Å²) in [4.78, 5) is 16.3. The molecule has 0 atom stereocenters. The highest BCUT2D eigenvalue weighted by molar-refractivity contribution is 5.93. The number of ether oxygens (including phenoxy) is 2. The van der Waals surface area contributed by atoms with Crippen LogP contribution in [0, 0.1) is 0 Å². The standard InChI is InChI=1S/C18H16N4O3/c1-22-15(13-2-3-16-17(8-13)25-11-24-16)9-14(21-22)18(23)20-10-12-4-6-19-7-5-12/h2-9H,10-11H2,1H3,(H,20,23). The third kappa shape index (κ3) is 3.03. The van der Waals surface area contributed by atoms with E-state index >= 15 is 0 Å². The number of fused-ring (bicyclic) bond motifs is 1. The lowest BCUT2D eigenvalue weighted by atomic mass is 10.1. The number of amides is 1. The number of hydrogen-bond donors (Lipinski definition) is 1. The van der Waals surface area contributed by atoms with Crippen LogP contribution in [0.2, 0.25) is 0 Å². The summed E-state index contributed by atoms with van der Waals surface area (Å²) in [6, 6.07) is 11.1. The van der Waals surface area contributed by atoms with Crippen molar-refractivity contribution in [2.75, 3.05) is 6.79 Å². The molecular weight excluding hydrogens is 320 g/mol. The van der Waals surface area contributed by atoms with Crippen molar-refractivity contribution in [3.63, 3.8) is 0 Å². The summed E-state index contributed by atoms with van der Waals surface area (Å²) in [5, 5.41) is 7.17. The lowest BCUT2D eigenvalue weighted by molar-refractivity contribution is 0.0945. The number of nitrogens with zero attached hydrogens (tertiary/aromatic N) is 3. The van der Waals surface area contributed by atoms with Crippen LogP contribution in [0.15, 0.2) is 48.8 Å². The number of carbonyl (C=O) groups is 1. The van der Waals surface area contributed by atoms with Crippen LogP contribution in [-0.2, 0) is 13.6 Å². The summed E-state index contributed by atoms with van der Waals surface area (Å²) in [7, 11) is 1.81. The van der Waals surface area contributed by atoms with Gasteiger partial charge in [-0.2, -0.15) is 5.10 Å². The normalized spacial score (nSPS) is 12.2. The van der Waals surface area contributed by atoms with E-state index in [1.165, 1.54) is 0 Å². The van der Waals surface area contributed by atoms with Gasteiger partial charge in [-0.1, -0.05) is 0 Å². The zero-order chi connectivity index (χ0) is 17.2. The molecule has 7 nitrogen and oxygen atoms in total. The minimum absolute atomic E-state index is 0.223. The molecule has 7 heteroatoms. The number of pyridine rings is 1. The van der Waals surface area contributed by atoms with Gasteiger partial charge in [0.25, 0.3) is 5.91 Å². The fraction of sp³-hybridized carbons (Fsp3) is 0.167. The Balaban J connectivity index is 1.52. The first-order valence-electron chi connectivity index (χ1n) is 7.82. The number of benzene rings is 1. The number of hydrogen-bond acceptors (Lipinski definition) is 5. The zero-order valence-electron chi connectivity index (χ0n) is 13.6. The van der Waals surface area contributed by atoms with Crippen LogP contribution in [0.3, 0.4) is 0 Å². The lowest BCUT2D eigenvalue weighted by Gasteiger charge is -2.03. The maximum absolute atomic E-state index is 12.4. The van der Waals surface area contributed by atoms with Gasteiger partial charge in [-0.25, -0.2) is 0 Å². The summed E-state index contributed by atoms with van der Waals surface area (Å²) in [6.45, 7) is 0.657. The van der Waals surface area contributed by atoms with Crippen LogP contribution in [0.5, 0.6) is 11.5 Å². The van der Waals surface area contributed by atoms with Gasteiger partial charge in [0.15, 0.2) is 17.2 Å². The number of aryl methyl sites for hydroxylation is 1. The third-order valence-electron chi connectivity index (χ3n) is 3.98. The van der Waals surface area contributed by atoms with Gasteiger partial charge in [-0.15, -0.1) is 0 Å². The van der Waals surface area contributed by atoms with Crippen LogP contribution < -0.4 is 14.8 Å². The molecule has 0 saturated carbocycles. The van der Waals surface area contributed by atoms with Crippen LogP contribution >= 0.6 is 0 Å². The topological polar surface area (TPSA) is 78.3 Å². The van der Waals surface area contributed by atoms with E-state index in [4.69, 9.17) is 9.47 Å². The molecule has 0 aliphatic carbocycles. The number of rotatable bonds is 4. The van der Waals surface area contributed by atoms with Gasteiger partial charge in [-0.05, 0) is 42.0 Å². The van der Waals surface area contributed by atoms with E-state index in [1.807, 2.05) is 30.3 Å². The van der Waals surface area contributed by atoms with Crippen molar-refractivity contribution in [2.24, 2.45) is 7.05 Å². The van der Waals surface area contributed by atoms with Gasteiger partial charge in [0.2, 0.25) is 6.79 Å². The lowest BCUT2D eigenvalue weighted by Crippen LogP contribution is -2.23. The molecule has 0 unspecified atom stereocenters. The molecule has 4 rings (SSSR count). The Morgan fingerprint density at radius 1 is 1.16 bits per heavy atom. The molecule has 1 N–H and O–H groups in total. The quantitative estimate of drug-likeness (QED) is 0.790. The summed E-state index contributed by atoms with van der Waals surface area (Å²) in [5.41, 5.74) is 3.08. The zero-order valence-corrected chi connectivity index (χ0v) is 13.6. The Hall–Kier alpha value is -3.35. The number of nitrogens with one attached hydrogen (secondary N) is 1.